The number of nitrogens with zero attached hydrogens (tertiary/aromatic N) is 1. The van der Waals surface area contributed by atoms with Gasteiger partial charge in [-0.2, -0.15) is 0 Å². The van der Waals surface area contributed by atoms with Gasteiger partial charge in [0, 0.05) is 6.54 Å². The molecule has 3 nitrogen and oxygen atoms in total. The van der Waals surface area contributed by atoms with Gasteiger partial charge in [-0.1, -0.05) is 30.3 Å². The Morgan fingerprint density at radius 1 is 1.40 bits per heavy atom. The molecule has 0 saturated carbocycles. The van der Waals surface area contributed by atoms with Gasteiger partial charge in [-0.3, -0.25) is 4.79 Å². The van der Waals surface area contributed by atoms with Crippen molar-refractivity contribution in [2.24, 2.45) is 5.73 Å². The van der Waals surface area contributed by atoms with Crippen LogP contribution in [-0.2, 0) is 4.79 Å². The molecule has 2 rings (SSSR count). The molecule has 1 aromatic rings. The number of likely N-dealkylation sites (tertiary alicyclic amines) is 1. The van der Waals surface area contributed by atoms with E-state index in [-0.39, 0.29) is 18.5 Å². The number of carbonyl (C=O) groups is 1. The molecule has 1 heterocycles. The first-order chi connectivity index (χ1) is 7.33. The van der Waals surface area contributed by atoms with Crippen molar-refractivity contribution in [2.75, 3.05) is 13.1 Å². The smallest absolute Gasteiger partial charge is 0.236 e. The van der Waals surface area contributed by atoms with Crippen molar-refractivity contribution in [1.82, 2.24) is 4.90 Å². The van der Waals surface area contributed by atoms with Crippen molar-refractivity contribution in [2.45, 2.75) is 18.9 Å². The van der Waals surface area contributed by atoms with E-state index in [2.05, 4.69) is 12.1 Å². The second-order valence-corrected chi connectivity index (χ2v) is 3.86. The highest BCUT2D eigenvalue weighted by Gasteiger charge is 2.28. The highest BCUT2D eigenvalue weighted by molar-refractivity contribution is 5.78. The number of hydrogen-bond donors (Lipinski definition) is 1. The third kappa shape index (κ3) is 2.02. The van der Waals surface area contributed by atoms with Gasteiger partial charge in [-0.15, -0.1) is 0 Å². The van der Waals surface area contributed by atoms with Crippen LogP contribution in [0.5, 0.6) is 0 Å². The van der Waals surface area contributed by atoms with Gasteiger partial charge in [-0.25, -0.2) is 0 Å². The van der Waals surface area contributed by atoms with E-state index in [0.717, 1.165) is 19.4 Å². The van der Waals surface area contributed by atoms with Crippen molar-refractivity contribution in [3.63, 3.8) is 0 Å². The van der Waals surface area contributed by atoms with Gasteiger partial charge in [0.15, 0.2) is 0 Å². The van der Waals surface area contributed by atoms with Crippen LogP contribution in [0.3, 0.4) is 0 Å². The molecule has 2 N–H and O–H groups in total. The van der Waals surface area contributed by atoms with Crippen LogP contribution in [-0.4, -0.2) is 23.9 Å². The summed E-state index contributed by atoms with van der Waals surface area (Å²) in [6.45, 7) is 0.957. The summed E-state index contributed by atoms with van der Waals surface area (Å²) in [6.07, 6.45) is 2.13. The van der Waals surface area contributed by atoms with Crippen LogP contribution in [0.15, 0.2) is 30.3 Å². The van der Waals surface area contributed by atoms with E-state index in [4.69, 9.17) is 5.73 Å². The molecule has 0 bridgehead atoms. The number of rotatable bonds is 2. The molecular formula is C12H16N2O. The first kappa shape index (κ1) is 10.2. The van der Waals surface area contributed by atoms with Crippen LogP contribution in [0, 0.1) is 0 Å². The molecule has 1 aliphatic heterocycles. The van der Waals surface area contributed by atoms with Crippen LogP contribution >= 0.6 is 0 Å². The third-order valence-corrected chi connectivity index (χ3v) is 2.93. The van der Waals surface area contributed by atoms with E-state index in [1.54, 1.807) is 0 Å². The van der Waals surface area contributed by atoms with Crippen LogP contribution in [0.1, 0.15) is 24.4 Å². The minimum Gasteiger partial charge on any atom is -0.335 e. The summed E-state index contributed by atoms with van der Waals surface area (Å²) in [4.78, 5) is 13.5. The summed E-state index contributed by atoms with van der Waals surface area (Å²) in [6, 6.07) is 10.4. The first-order valence-corrected chi connectivity index (χ1v) is 5.37. The van der Waals surface area contributed by atoms with Gasteiger partial charge in [0.2, 0.25) is 5.91 Å². The predicted molar refractivity (Wildman–Crippen MR) is 59.2 cm³/mol. The zero-order chi connectivity index (χ0) is 10.7. The minimum absolute atomic E-state index is 0.0568. The number of carbonyl (C=O) groups excluding carboxylic acids is 1. The lowest BCUT2D eigenvalue weighted by atomic mass is 10.0. The first-order valence-electron chi connectivity index (χ1n) is 5.37. The molecule has 1 atom stereocenters. The number of hydrogen-bond acceptors (Lipinski definition) is 2. The summed E-state index contributed by atoms with van der Waals surface area (Å²) in [5.74, 6) is 0.0568. The predicted octanol–water partition coefficient (Wildman–Crippen LogP) is 1.31. The Bertz CT molecular complexity index is 337. The van der Waals surface area contributed by atoms with Crippen LogP contribution < -0.4 is 5.73 Å². The lowest BCUT2D eigenvalue weighted by molar-refractivity contribution is -0.130. The Balaban J connectivity index is 2.18. The lowest BCUT2D eigenvalue weighted by Crippen LogP contribution is -2.35. The minimum atomic E-state index is 0.0568. The average molecular weight is 204 g/mol. The Kier molecular flexibility index (Phi) is 3.02. The van der Waals surface area contributed by atoms with Gasteiger partial charge >= 0.3 is 0 Å². The van der Waals surface area contributed by atoms with E-state index in [1.165, 1.54) is 5.56 Å². The van der Waals surface area contributed by atoms with E-state index < -0.39 is 0 Å². The van der Waals surface area contributed by atoms with Crippen LogP contribution in [0.4, 0.5) is 0 Å². The van der Waals surface area contributed by atoms with Crippen LogP contribution in [0.2, 0.25) is 0 Å². The number of benzene rings is 1. The third-order valence-electron chi connectivity index (χ3n) is 2.93. The fourth-order valence-corrected chi connectivity index (χ4v) is 2.20. The standard InChI is InChI=1S/C12H16N2O/c13-9-12(15)14-8-4-7-11(14)10-5-2-1-3-6-10/h1-3,5-6,11H,4,7-9,13H2. The van der Waals surface area contributed by atoms with Gasteiger partial charge in [-0.05, 0) is 18.4 Å². The molecule has 1 fully saturated rings. The summed E-state index contributed by atoms with van der Waals surface area (Å²) >= 11 is 0. The van der Waals surface area contributed by atoms with Crippen molar-refractivity contribution < 1.29 is 4.79 Å². The van der Waals surface area contributed by atoms with Crippen molar-refractivity contribution >= 4 is 5.91 Å². The monoisotopic (exact) mass is 204 g/mol. The number of nitrogens with two attached hydrogens (primary N) is 1. The molecule has 0 spiro atoms. The zero-order valence-corrected chi connectivity index (χ0v) is 8.73. The number of amides is 1. The molecule has 1 amide bonds. The maximum Gasteiger partial charge on any atom is 0.236 e. The van der Waals surface area contributed by atoms with Gasteiger partial charge in [0.25, 0.3) is 0 Å². The molecule has 1 unspecified atom stereocenters. The van der Waals surface area contributed by atoms with E-state index in [0.29, 0.717) is 0 Å². The topological polar surface area (TPSA) is 46.3 Å². The van der Waals surface area contributed by atoms with E-state index >= 15 is 0 Å². The molecule has 1 aliphatic rings. The maximum atomic E-state index is 11.6. The molecule has 0 aromatic heterocycles. The van der Waals surface area contributed by atoms with Crippen LogP contribution in [0.25, 0.3) is 0 Å². The Hall–Kier alpha value is -1.35. The Morgan fingerprint density at radius 3 is 2.80 bits per heavy atom. The van der Waals surface area contributed by atoms with Crippen molar-refractivity contribution in [1.29, 1.82) is 0 Å². The van der Waals surface area contributed by atoms with Gasteiger partial charge < -0.3 is 10.6 Å². The summed E-state index contributed by atoms with van der Waals surface area (Å²) < 4.78 is 0. The second kappa shape index (κ2) is 4.45. The fourth-order valence-electron chi connectivity index (χ4n) is 2.20. The van der Waals surface area contributed by atoms with Gasteiger partial charge in [0.05, 0.1) is 12.6 Å². The molecule has 80 valence electrons. The fraction of sp³-hybridized carbons (Fsp3) is 0.417. The van der Waals surface area contributed by atoms with Crippen molar-refractivity contribution in [3.8, 4) is 0 Å². The zero-order valence-electron chi connectivity index (χ0n) is 8.73. The lowest BCUT2D eigenvalue weighted by Gasteiger charge is -2.24. The summed E-state index contributed by atoms with van der Waals surface area (Å²) in [7, 11) is 0. The van der Waals surface area contributed by atoms with Crippen molar-refractivity contribution in [3.05, 3.63) is 35.9 Å². The molecule has 1 aromatic carbocycles. The van der Waals surface area contributed by atoms with Gasteiger partial charge in [0.1, 0.15) is 0 Å². The van der Waals surface area contributed by atoms with E-state index in [9.17, 15) is 4.79 Å². The Labute approximate surface area is 89.9 Å². The maximum absolute atomic E-state index is 11.6. The Morgan fingerprint density at radius 2 is 2.13 bits per heavy atom. The largest absolute Gasteiger partial charge is 0.335 e. The molecule has 1 saturated heterocycles. The quantitative estimate of drug-likeness (QED) is 0.789. The normalized spacial score (nSPS) is 20.6. The molecule has 15 heavy (non-hydrogen) atoms. The highest BCUT2D eigenvalue weighted by atomic mass is 16.2. The molecule has 3 heteroatoms. The molecular weight excluding hydrogens is 188 g/mol. The highest BCUT2D eigenvalue weighted by Crippen LogP contribution is 2.31. The molecule has 0 aliphatic carbocycles. The average Bonchev–Trinajstić information content (AvgIpc) is 2.78. The second-order valence-electron chi connectivity index (χ2n) is 3.86. The summed E-state index contributed by atoms with van der Waals surface area (Å²) in [5.41, 5.74) is 6.62. The van der Waals surface area contributed by atoms with E-state index in [1.807, 2.05) is 23.1 Å². The summed E-state index contributed by atoms with van der Waals surface area (Å²) in [5, 5.41) is 0. The SMILES string of the molecule is NCC(=O)N1CCCC1c1ccccc1. The molecule has 0 radical (unpaired) electrons.